The number of ether oxygens (including phenoxy) is 2. The van der Waals surface area contributed by atoms with Crippen LogP contribution in [-0.4, -0.2) is 40.3 Å². The molecule has 0 amide bonds. The normalized spacial score (nSPS) is 17.8. The van der Waals surface area contributed by atoms with Gasteiger partial charge in [-0.15, -0.1) is 0 Å². The molecule has 7 nitrogen and oxygen atoms in total. The first-order chi connectivity index (χ1) is 13.6. The van der Waals surface area contributed by atoms with Crippen molar-refractivity contribution in [3.63, 3.8) is 0 Å². The number of aromatic amines is 1. The molecule has 0 saturated carbocycles. The van der Waals surface area contributed by atoms with E-state index >= 15 is 0 Å². The van der Waals surface area contributed by atoms with Crippen LogP contribution in [0.4, 0.5) is 0 Å². The lowest BCUT2D eigenvalue weighted by Gasteiger charge is -2.35. The molecule has 1 saturated heterocycles. The number of methoxy groups -OCH3 is 2. The molecular weight excluding hydrogens is 356 g/mol. The lowest BCUT2D eigenvalue weighted by Crippen LogP contribution is -2.33. The summed E-state index contributed by atoms with van der Waals surface area (Å²) < 4.78 is 12.5. The van der Waals surface area contributed by atoms with Gasteiger partial charge < -0.3 is 9.47 Å². The number of rotatable bonds is 5. The van der Waals surface area contributed by atoms with E-state index in [2.05, 4.69) is 15.0 Å². The maximum Gasteiger partial charge on any atom is 0.272 e. The molecule has 1 atom stereocenters. The van der Waals surface area contributed by atoms with Gasteiger partial charge in [0.05, 0.1) is 26.0 Å². The van der Waals surface area contributed by atoms with Gasteiger partial charge in [-0.3, -0.25) is 14.8 Å². The molecule has 3 heterocycles. The van der Waals surface area contributed by atoms with E-state index in [-0.39, 0.29) is 11.6 Å². The Balaban J connectivity index is 1.67. The quantitative estimate of drug-likeness (QED) is 0.734. The van der Waals surface area contributed by atoms with Crippen LogP contribution in [0.1, 0.15) is 42.3 Å². The van der Waals surface area contributed by atoms with Crippen molar-refractivity contribution in [1.29, 1.82) is 0 Å². The molecule has 2 aromatic heterocycles. The summed E-state index contributed by atoms with van der Waals surface area (Å²) in [5, 5.41) is 3.27. The van der Waals surface area contributed by atoms with Gasteiger partial charge in [0.1, 0.15) is 11.5 Å². The average molecular weight is 382 g/mol. The Morgan fingerprint density at radius 2 is 2.04 bits per heavy atom. The number of piperidine rings is 1. The fourth-order valence-corrected chi connectivity index (χ4v) is 4.06. The lowest BCUT2D eigenvalue weighted by atomic mass is 9.98. The summed E-state index contributed by atoms with van der Waals surface area (Å²) in [6.07, 6.45) is 3.35. The highest BCUT2D eigenvalue weighted by atomic mass is 16.5. The van der Waals surface area contributed by atoms with Gasteiger partial charge in [-0.05, 0) is 44.5 Å². The van der Waals surface area contributed by atoms with Crippen LogP contribution >= 0.6 is 0 Å². The molecule has 4 rings (SSSR count). The molecular formula is C21H26N4O3. The van der Waals surface area contributed by atoms with Crippen molar-refractivity contribution in [1.82, 2.24) is 19.5 Å². The van der Waals surface area contributed by atoms with Crippen LogP contribution in [0.5, 0.6) is 11.5 Å². The summed E-state index contributed by atoms with van der Waals surface area (Å²) >= 11 is 0. The van der Waals surface area contributed by atoms with E-state index in [0.29, 0.717) is 5.65 Å². The monoisotopic (exact) mass is 382 g/mol. The smallest absolute Gasteiger partial charge is 0.272 e. The molecule has 1 aliphatic rings. The molecule has 0 spiro atoms. The molecule has 1 fully saturated rings. The minimum Gasteiger partial charge on any atom is -0.497 e. The summed E-state index contributed by atoms with van der Waals surface area (Å²) in [7, 11) is 3.36. The molecule has 1 aliphatic heterocycles. The Morgan fingerprint density at radius 3 is 2.82 bits per heavy atom. The van der Waals surface area contributed by atoms with Crippen molar-refractivity contribution in [2.75, 3.05) is 20.8 Å². The second kappa shape index (κ2) is 7.67. The zero-order chi connectivity index (χ0) is 19.7. The highest BCUT2D eigenvalue weighted by Crippen LogP contribution is 2.34. The number of nitrogens with one attached hydrogen (secondary N) is 1. The summed E-state index contributed by atoms with van der Waals surface area (Å²) in [5.74, 6) is 1.68. The third-order valence-electron chi connectivity index (χ3n) is 5.43. The molecule has 0 bridgehead atoms. The summed E-state index contributed by atoms with van der Waals surface area (Å²) in [6, 6.07) is 9.64. The summed E-state index contributed by atoms with van der Waals surface area (Å²) in [5.41, 5.74) is 3.44. The number of aryl methyl sites for hydroxylation is 1. The number of hydrogen-bond donors (Lipinski definition) is 1. The first kappa shape index (κ1) is 18.6. The second-order valence-corrected chi connectivity index (χ2v) is 7.30. The third kappa shape index (κ3) is 3.49. The maximum absolute atomic E-state index is 12.3. The van der Waals surface area contributed by atoms with E-state index in [1.54, 1.807) is 20.3 Å². The van der Waals surface area contributed by atoms with Crippen LogP contribution in [0, 0.1) is 6.92 Å². The van der Waals surface area contributed by atoms with E-state index in [1.807, 2.05) is 31.2 Å². The fraction of sp³-hybridized carbons (Fsp3) is 0.429. The van der Waals surface area contributed by atoms with Crippen molar-refractivity contribution >= 4 is 5.65 Å². The van der Waals surface area contributed by atoms with Gasteiger partial charge in [0.2, 0.25) is 0 Å². The van der Waals surface area contributed by atoms with E-state index in [4.69, 9.17) is 9.47 Å². The number of hydrogen-bond acceptors (Lipinski definition) is 5. The molecule has 0 radical (unpaired) electrons. The van der Waals surface area contributed by atoms with Crippen molar-refractivity contribution in [3.8, 4) is 11.5 Å². The van der Waals surface area contributed by atoms with Gasteiger partial charge in [-0.2, -0.15) is 0 Å². The first-order valence-electron chi connectivity index (χ1n) is 9.63. The molecule has 3 aromatic rings. The Kier molecular flexibility index (Phi) is 5.09. The number of H-pyrrole nitrogens is 1. The number of fused-ring (bicyclic) bond motifs is 1. The Morgan fingerprint density at radius 1 is 1.18 bits per heavy atom. The topological polar surface area (TPSA) is 71.9 Å². The zero-order valence-corrected chi connectivity index (χ0v) is 16.6. The van der Waals surface area contributed by atoms with E-state index < -0.39 is 0 Å². The van der Waals surface area contributed by atoms with E-state index in [1.165, 1.54) is 4.52 Å². The molecule has 1 aromatic carbocycles. The van der Waals surface area contributed by atoms with Gasteiger partial charge >= 0.3 is 0 Å². The molecule has 0 aliphatic carbocycles. The fourth-order valence-electron chi connectivity index (χ4n) is 4.06. The van der Waals surface area contributed by atoms with E-state index in [0.717, 1.165) is 60.8 Å². The largest absolute Gasteiger partial charge is 0.497 e. The summed E-state index contributed by atoms with van der Waals surface area (Å²) in [6.45, 7) is 3.58. The standard InChI is InChI=1S/C21H26N4O3/c1-14-10-21(26)25-20(22-14)12-17(23-25)18-6-4-5-9-24(18)13-15-11-16(27-2)7-8-19(15)28-3/h7-8,10-12,18,23H,4-6,9,13H2,1-3H3/t18-/m1/s1. The molecule has 148 valence electrons. The minimum atomic E-state index is -0.0782. The second-order valence-electron chi connectivity index (χ2n) is 7.30. The molecule has 28 heavy (non-hydrogen) atoms. The predicted molar refractivity (Wildman–Crippen MR) is 107 cm³/mol. The SMILES string of the molecule is COc1ccc(OC)c(CN2CCCC[C@@H]2c2cc3nc(C)cc(=O)n3[nH]2)c1. The predicted octanol–water partition coefficient (Wildman–Crippen LogP) is 3.08. The van der Waals surface area contributed by atoms with Gasteiger partial charge in [0, 0.05) is 29.9 Å². The van der Waals surface area contributed by atoms with Crippen LogP contribution in [0.15, 0.2) is 35.1 Å². The molecule has 7 heteroatoms. The number of benzene rings is 1. The third-order valence-corrected chi connectivity index (χ3v) is 5.43. The average Bonchev–Trinajstić information content (AvgIpc) is 3.12. The van der Waals surface area contributed by atoms with Crippen LogP contribution in [0.3, 0.4) is 0 Å². The highest BCUT2D eigenvalue weighted by Gasteiger charge is 2.27. The molecule has 1 N–H and O–H groups in total. The zero-order valence-electron chi connectivity index (χ0n) is 16.6. The van der Waals surface area contributed by atoms with Crippen LogP contribution < -0.4 is 15.0 Å². The number of aromatic nitrogens is 3. The maximum atomic E-state index is 12.3. The van der Waals surface area contributed by atoms with Crippen molar-refractivity contribution in [3.05, 3.63) is 57.6 Å². The molecule has 0 unspecified atom stereocenters. The van der Waals surface area contributed by atoms with Crippen LogP contribution in [0.2, 0.25) is 0 Å². The number of nitrogens with zero attached hydrogens (tertiary/aromatic N) is 3. The van der Waals surface area contributed by atoms with Crippen molar-refractivity contribution in [2.24, 2.45) is 0 Å². The minimum absolute atomic E-state index is 0.0782. The van der Waals surface area contributed by atoms with Gasteiger partial charge in [0.25, 0.3) is 5.56 Å². The van der Waals surface area contributed by atoms with E-state index in [9.17, 15) is 4.79 Å². The van der Waals surface area contributed by atoms with Gasteiger partial charge in [0.15, 0.2) is 5.65 Å². The first-order valence-corrected chi connectivity index (χ1v) is 9.63. The lowest BCUT2D eigenvalue weighted by molar-refractivity contribution is 0.135. The van der Waals surface area contributed by atoms with Crippen LogP contribution in [0.25, 0.3) is 5.65 Å². The summed E-state index contributed by atoms with van der Waals surface area (Å²) in [4.78, 5) is 19.2. The Labute approximate surface area is 163 Å². The Hall–Kier alpha value is -2.80. The van der Waals surface area contributed by atoms with Crippen molar-refractivity contribution < 1.29 is 9.47 Å². The highest BCUT2D eigenvalue weighted by molar-refractivity contribution is 5.42. The number of likely N-dealkylation sites (tertiary alicyclic amines) is 1. The van der Waals surface area contributed by atoms with Gasteiger partial charge in [-0.25, -0.2) is 9.50 Å². The Bertz CT molecular complexity index is 1040. The van der Waals surface area contributed by atoms with Crippen molar-refractivity contribution in [2.45, 2.75) is 38.8 Å². The van der Waals surface area contributed by atoms with Crippen LogP contribution in [-0.2, 0) is 6.54 Å². The van der Waals surface area contributed by atoms with Gasteiger partial charge in [-0.1, -0.05) is 6.42 Å².